The minimum absolute atomic E-state index is 0.0351. The third-order valence-corrected chi connectivity index (χ3v) is 5.44. The van der Waals surface area contributed by atoms with Crippen molar-refractivity contribution in [3.63, 3.8) is 0 Å². The zero-order chi connectivity index (χ0) is 23.3. The summed E-state index contributed by atoms with van der Waals surface area (Å²) in [5.41, 5.74) is 1.05. The molecule has 1 saturated heterocycles. The molecule has 6 nitrogen and oxygen atoms in total. The number of nitrogens with zero attached hydrogens (tertiary/aromatic N) is 1. The van der Waals surface area contributed by atoms with Gasteiger partial charge in [-0.25, -0.2) is 0 Å². The summed E-state index contributed by atoms with van der Waals surface area (Å²) in [5.74, 6) is -0.493. The molecule has 1 amide bonds. The standard InChI is InChI=1S/C26H31NO5/c1-4-5-6-14-27-23(19-8-7-9-20(28)15-19)22(25(30)26(27)31)24(29)18-10-12-21(13-11-18)32-16-17(2)3/h7-13,15,17,23,28-29H,4-6,14,16H2,1-3H3/b24-22-. The highest BCUT2D eigenvalue weighted by Crippen LogP contribution is 2.40. The van der Waals surface area contributed by atoms with Crippen molar-refractivity contribution in [3.05, 3.63) is 65.2 Å². The van der Waals surface area contributed by atoms with Gasteiger partial charge >= 0.3 is 0 Å². The lowest BCUT2D eigenvalue weighted by Crippen LogP contribution is -2.30. The van der Waals surface area contributed by atoms with Gasteiger partial charge in [0.15, 0.2) is 0 Å². The minimum Gasteiger partial charge on any atom is -0.508 e. The van der Waals surface area contributed by atoms with E-state index in [1.54, 1.807) is 36.4 Å². The molecule has 0 radical (unpaired) electrons. The summed E-state index contributed by atoms with van der Waals surface area (Å²) in [7, 11) is 0. The van der Waals surface area contributed by atoms with E-state index in [4.69, 9.17) is 4.74 Å². The van der Waals surface area contributed by atoms with Crippen molar-refractivity contribution in [2.45, 2.75) is 46.1 Å². The van der Waals surface area contributed by atoms with Gasteiger partial charge in [-0.2, -0.15) is 0 Å². The molecule has 170 valence electrons. The van der Waals surface area contributed by atoms with Crippen molar-refractivity contribution in [2.75, 3.05) is 13.2 Å². The predicted octanol–water partition coefficient (Wildman–Crippen LogP) is 5.04. The monoisotopic (exact) mass is 437 g/mol. The third kappa shape index (κ3) is 5.13. The first kappa shape index (κ1) is 23.4. The van der Waals surface area contributed by atoms with Gasteiger partial charge < -0.3 is 19.8 Å². The molecule has 1 heterocycles. The Morgan fingerprint density at radius 3 is 2.44 bits per heavy atom. The Morgan fingerprint density at radius 2 is 1.81 bits per heavy atom. The number of hydrogen-bond donors (Lipinski definition) is 2. The summed E-state index contributed by atoms with van der Waals surface area (Å²) in [6, 6.07) is 12.5. The van der Waals surface area contributed by atoms with Gasteiger partial charge in [0.05, 0.1) is 18.2 Å². The average Bonchev–Trinajstić information content (AvgIpc) is 3.03. The summed E-state index contributed by atoms with van der Waals surface area (Å²) >= 11 is 0. The number of ketones is 1. The number of carbonyl (C=O) groups excluding carboxylic acids is 2. The Balaban J connectivity index is 2.01. The summed E-state index contributed by atoms with van der Waals surface area (Å²) in [5, 5.41) is 21.1. The van der Waals surface area contributed by atoms with Crippen molar-refractivity contribution in [2.24, 2.45) is 5.92 Å². The van der Waals surface area contributed by atoms with E-state index in [0.717, 1.165) is 19.3 Å². The molecule has 0 spiro atoms. The highest BCUT2D eigenvalue weighted by atomic mass is 16.5. The Labute approximate surface area is 189 Å². The fraction of sp³-hybridized carbons (Fsp3) is 0.385. The van der Waals surface area contributed by atoms with Crippen molar-refractivity contribution in [1.29, 1.82) is 0 Å². The molecule has 2 aromatic carbocycles. The van der Waals surface area contributed by atoms with Gasteiger partial charge in [-0.15, -0.1) is 0 Å². The van der Waals surface area contributed by atoms with Crippen molar-refractivity contribution >= 4 is 17.4 Å². The number of phenols is 1. The van der Waals surface area contributed by atoms with E-state index in [0.29, 0.717) is 35.9 Å². The van der Waals surface area contributed by atoms with E-state index in [1.807, 2.05) is 0 Å². The van der Waals surface area contributed by atoms with Crippen molar-refractivity contribution in [3.8, 4) is 11.5 Å². The number of unbranched alkanes of at least 4 members (excludes halogenated alkanes) is 2. The maximum absolute atomic E-state index is 13.0. The number of ether oxygens (including phenoxy) is 1. The maximum Gasteiger partial charge on any atom is 0.295 e. The van der Waals surface area contributed by atoms with Gasteiger partial charge in [-0.3, -0.25) is 9.59 Å². The van der Waals surface area contributed by atoms with Gasteiger partial charge in [-0.1, -0.05) is 45.7 Å². The Hall–Kier alpha value is -3.28. The predicted molar refractivity (Wildman–Crippen MR) is 123 cm³/mol. The quantitative estimate of drug-likeness (QED) is 0.248. The van der Waals surface area contributed by atoms with E-state index >= 15 is 0 Å². The number of amides is 1. The van der Waals surface area contributed by atoms with Crippen LogP contribution in [0.5, 0.6) is 11.5 Å². The normalized spacial score (nSPS) is 17.9. The first-order chi connectivity index (χ1) is 15.3. The number of carbonyl (C=O) groups is 2. The second-order valence-electron chi connectivity index (χ2n) is 8.52. The number of Topliss-reactive ketones (excluding diaryl/α,β-unsaturated/α-hetero) is 1. The zero-order valence-corrected chi connectivity index (χ0v) is 18.9. The topological polar surface area (TPSA) is 87.1 Å². The van der Waals surface area contributed by atoms with Crippen LogP contribution in [0.2, 0.25) is 0 Å². The molecular formula is C26H31NO5. The van der Waals surface area contributed by atoms with Crippen LogP contribution in [-0.2, 0) is 9.59 Å². The number of aliphatic hydroxyl groups is 1. The number of aromatic hydroxyl groups is 1. The molecule has 0 aromatic heterocycles. The fourth-order valence-electron chi connectivity index (χ4n) is 3.81. The number of likely N-dealkylation sites (tertiary alicyclic amines) is 1. The summed E-state index contributed by atoms with van der Waals surface area (Å²) in [6.07, 6.45) is 2.65. The molecule has 1 fully saturated rings. The lowest BCUT2D eigenvalue weighted by Gasteiger charge is -2.25. The number of phenolic OH excluding ortho intramolecular Hbond substituents is 1. The molecule has 0 saturated carbocycles. The second kappa shape index (κ2) is 10.4. The largest absolute Gasteiger partial charge is 0.508 e. The van der Waals surface area contributed by atoms with Gasteiger partial charge in [-0.05, 0) is 54.3 Å². The maximum atomic E-state index is 13.0. The van der Waals surface area contributed by atoms with E-state index in [1.165, 1.54) is 17.0 Å². The molecule has 1 aliphatic rings. The molecule has 0 aliphatic carbocycles. The van der Waals surface area contributed by atoms with Crippen LogP contribution in [0.1, 0.15) is 57.2 Å². The highest BCUT2D eigenvalue weighted by molar-refractivity contribution is 6.46. The van der Waals surface area contributed by atoms with Crippen LogP contribution in [-0.4, -0.2) is 40.0 Å². The van der Waals surface area contributed by atoms with Gasteiger partial charge in [0.1, 0.15) is 17.3 Å². The Morgan fingerprint density at radius 1 is 1.09 bits per heavy atom. The van der Waals surface area contributed by atoms with Gasteiger partial charge in [0.25, 0.3) is 11.7 Å². The Kier molecular flexibility index (Phi) is 7.57. The van der Waals surface area contributed by atoms with Crippen LogP contribution in [0, 0.1) is 5.92 Å². The van der Waals surface area contributed by atoms with E-state index < -0.39 is 17.7 Å². The molecule has 2 N–H and O–H groups in total. The molecular weight excluding hydrogens is 406 g/mol. The number of hydrogen-bond acceptors (Lipinski definition) is 5. The summed E-state index contributed by atoms with van der Waals surface area (Å²) < 4.78 is 5.69. The molecule has 6 heteroatoms. The lowest BCUT2D eigenvalue weighted by atomic mass is 9.95. The van der Waals surface area contributed by atoms with E-state index in [-0.39, 0.29) is 17.1 Å². The average molecular weight is 438 g/mol. The van der Waals surface area contributed by atoms with Crippen LogP contribution in [0.15, 0.2) is 54.1 Å². The molecule has 1 atom stereocenters. The van der Waals surface area contributed by atoms with Crippen LogP contribution in [0.3, 0.4) is 0 Å². The first-order valence-corrected chi connectivity index (χ1v) is 11.1. The lowest BCUT2D eigenvalue weighted by molar-refractivity contribution is -0.139. The summed E-state index contributed by atoms with van der Waals surface area (Å²) in [6.45, 7) is 7.15. The molecule has 0 bridgehead atoms. The minimum atomic E-state index is -0.754. The van der Waals surface area contributed by atoms with Crippen LogP contribution in [0.4, 0.5) is 0 Å². The zero-order valence-electron chi connectivity index (χ0n) is 18.9. The van der Waals surface area contributed by atoms with Gasteiger partial charge in [0.2, 0.25) is 0 Å². The van der Waals surface area contributed by atoms with Crippen molar-refractivity contribution < 1.29 is 24.5 Å². The number of benzene rings is 2. The fourth-order valence-corrected chi connectivity index (χ4v) is 3.81. The van der Waals surface area contributed by atoms with Crippen LogP contribution < -0.4 is 4.74 Å². The third-order valence-electron chi connectivity index (χ3n) is 5.44. The second-order valence-corrected chi connectivity index (χ2v) is 8.52. The Bertz CT molecular complexity index is 994. The molecule has 3 rings (SSSR count). The SMILES string of the molecule is CCCCCN1C(=O)C(=O)/C(=C(\O)c2ccc(OCC(C)C)cc2)C1c1cccc(O)c1. The van der Waals surface area contributed by atoms with Gasteiger partial charge in [0, 0.05) is 12.1 Å². The van der Waals surface area contributed by atoms with E-state index in [9.17, 15) is 19.8 Å². The molecule has 1 aliphatic heterocycles. The molecule has 1 unspecified atom stereocenters. The molecule has 32 heavy (non-hydrogen) atoms. The summed E-state index contributed by atoms with van der Waals surface area (Å²) in [4.78, 5) is 27.3. The highest BCUT2D eigenvalue weighted by Gasteiger charge is 2.45. The smallest absolute Gasteiger partial charge is 0.295 e. The van der Waals surface area contributed by atoms with E-state index in [2.05, 4.69) is 20.8 Å². The van der Waals surface area contributed by atoms with Crippen molar-refractivity contribution in [1.82, 2.24) is 4.90 Å². The number of rotatable bonds is 9. The van der Waals surface area contributed by atoms with Crippen LogP contribution in [0.25, 0.3) is 5.76 Å². The number of aliphatic hydroxyl groups excluding tert-OH is 1. The molecule has 2 aromatic rings. The first-order valence-electron chi connectivity index (χ1n) is 11.1. The van der Waals surface area contributed by atoms with Crippen LogP contribution >= 0.6 is 0 Å².